The molecule has 0 aliphatic rings. The van der Waals surface area contributed by atoms with Gasteiger partial charge in [0.1, 0.15) is 11.5 Å². The van der Waals surface area contributed by atoms with E-state index in [1.54, 1.807) is 19.2 Å². The first-order valence-electron chi connectivity index (χ1n) is 9.38. The molecule has 2 N–H and O–H groups in total. The van der Waals surface area contributed by atoms with Crippen LogP contribution in [0.4, 0.5) is 0 Å². The maximum atomic E-state index is 11.1. The summed E-state index contributed by atoms with van der Waals surface area (Å²) < 4.78 is 11.1. The molecular weight excluding hydrogens is 366 g/mol. The SMILES string of the molecule is COc1ccccc1CN(C)CCc1ccc(Oc2ccc(C(N)=O)cn2)cc1. The smallest absolute Gasteiger partial charge is 0.250 e. The third kappa shape index (κ3) is 5.80. The lowest BCUT2D eigenvalue weighted by atomic mass is 10.1. The van der Waals surface area contributed by atoms with Crippen molar-refractivity contribution in [3.05, 3.63) is 83.6 Å². The molecule has 0 fully saturated rings. The Morgan fingerprint density at radius 2 is 1.83 bits per heavy atom. The minimum Gasteiger partial charge on any atom is -0.496 e. The molecule has 1 aromatic heterocycles. The number of carbonyl (C=O) groups is 1. The molecule has 0 unspecified atom stereocenters. The Hall–Kier alpha value is -3.38. The molecule has 150 valence electrons. The van der Waals surface area contributed by atoms with Gasteiger partial charge in [-0.25, -0.2) is 4.98 Å². The molecular formula is C23H25N3O3. The summed E-state index contributed by atoms with van der Waals surface area (Å²) in [6, 6.07) is 19.2. The number of hydrogen-bond acceptors (Lipinski definition) is 5. The number of ether oxygens (including phenoxy) is 2. The minimum atomic E-state index is -0.510. The third-order valence-corrected chi connectivity index (χ3v) is 4.58. The van der Waals surface area contributed by atoms with E-state index >= 15 is 0 Å². The Labute approximate surface area is 170 Å². The van der Waals surface area contributed by atoms with Gasteiger partial charge < -0.3 is 20.1 Å². The zero-order chi connectivity index (χ0) is 20.6. The second-order valence-electron chi connectivity index (χ2n) is 6.80. The number of nitrogens with zero attached hydrogens (tertiary/aromatic N) is 2. The number of primary amides is 1. The van der Waals surface area contributed by atoms with Crippen LogP contribution in [0.2, 0.25) is 0 Å². The molecule has 6 heteroatoms. The molecule has 1 amide bonds. The zero-order valence-corrected chi connectivity index (χ0v) is 16.7. The fourth-order valence-electron chi connectivity index (χ4n) is 2.95. The van der Waals surface area contributed by atoms with Crippen LogP contribution in [0.25, 0.3) is 0 Å². The molecule has 2 aromatic carbocycles. The summed E-state index contributed by atoms with van der Waals surface area (Å²) in [4.78, 5) is 17.4. The lowest BCUT2D eigenvalue weighted by molar-refractivity contribution is 0.1000. The van der Waals surface area contributed by atoms with E-state index in [1.807, 2.05) is 42.5 Å². The number of para-hydroxylation sites is 1. The second kappa shape index (κ2) is 9.71. The highest BCUT2D eigenvalue weighted by atomic mass is 16.5. The van der Waals surface area contributed by atoms with Crippen LogP contribution in [0.15, 0.2) is 66.9 Å². The van der Waals surface area contributed by atoms with Gasteiger partial charge in [0.15, 0.2) is 0 Å². The molecule has 3 aromatic rings. The Kier molecular flexibility index (Phi) is 6.81. The van der Waals surface area contributed by atoms with Crippen LogP contribution < -0.4 is 15.2 Å². The summed E-state index contributed by atoms with van der Waals surface area (Å²) >= 11 is 0. The van der Waals surface area contributed by atoms with Gasteiger partial charge in [-0.1, -0.05) is 30.3 Å². The first kappa shape index (κ1) is 20.4. The van der Waals surface area contributed by atoms with E-state index in [0.29, 0.717) is 17.2 Å². The van der Waals surface area contributed by atoms with Crippen molar-refractivity contribution < 1.29 is 14.3 Å². The van der Waals surface area contributed by atoms with Crippen LogP contribution in [0.1, 0.15) is 21.5 Å². The fourth-order valence-corrected chi connectivity index (χ4v) is 2.95. The number of likely N-dealkylation sites (N-methyl/N-ethyl adjacent to an activating group) is 1. The first-order valence-corrected chi connectivity index (χ1v) is 9.38. The van der Waals surface area contributed by atoms with Gasteiger partial charge in [-0.05, 0) is 43.3 Å². The summed E-state index contributed by atoms with van der Waals surface area (Å²) in [6.45, 7) is 1.76. The van der Waals surface area contributed by atoms with Gasteiger partial charge in [0.2, 0.25) is 11.8 Å². The molecule has 0 aliphatic carbocycles. The van der Waals surface area contributed by atoms with Crippen LogP contribution in [-0.2, 0) is 13.0 Å². The summed E-state index contributed by atoms with van der Waals surface area (Å²) in [6.07, 6.45) is 2.33. The first-order chi connectivity index (χ1) is 14.0. The Balaban J connectivity index is 1.51. The Bertz CT molecular complexity index is 940. The molecule has 6 nitrogen and oxygen atoms in total. The largest absolute Gasteiger partial charge is 0.496 e. The summed E-state index contributed by atoms with van der Waals surface area (Å²) in [5.41, 5.74) is 7.96. The fraction of sp³-hybridized carbons (Fsp3) is 0.217. The van der Waals surface area contributed by atoms with E-state index < -0.39 is 5.91 Å². The monoisotopic (exact) mass is 391 g/mol. The van der Waals surface area contributed by atoms with E-state index in [-0.39, 0.29) is 0 Å². The van der Waals surface area contributed by atoms with Crippen molar-refractivity contribution in [2.75, 3.05) is 20.7 Å². The lowest BCUT2D eigenvalue weighted by Crippen LogP contribution is -2.21. The van der Waals surface area contributed by atoms with Crippen molar-refractivity contribution in [2.45, 2.75) is 13.0 Å². The van der Waals surface area contributed by atoms with Gasteiger partial charge in [0.05, 0.1) is 12.7 Å². The molecule has 0 saturated carbocycles. The van der Waals surface area contributed by atoms with Gasteiger partial charge >= 0.3 is 0 Å². The topological polar surface area (TPSA) is 77.7 Å². The van der Waals surface area contributed by atoms with E-state index in [9.17, 15) is 4.79 Å². The highest BCUT2D eigenvalue weighted by Crippen LogP contribution is 2.21. The maximum absolute atomic E-state index is 11.1. The Morgan fingerprint density at radius 3 is 2.48 bits per heavy atom. The van der Waals surface area contributed by atoms with Gasteiger partial charge in [0, 0.05) is 30.9 Å². The summed E-state index contributed by atoms with van der Waals surface area (Å²) in [5.74, 6) is 1.51. The van der Waals surface area contributed by atoms with Crippen LogP contribution >= 0.6 is 0 Å². The number of pyridine rings is 1. The van der Waals surface area contributed by atoms with E-state index in [0.717, 1.165) is 25.3 Å². The van der Waals surface area contributed by atoms with Crippen LogP contribution in [0, 0.1) is 0 Å². The minimum absolute atomic E-state index is 0.352. The van der Waals surface area contributed by atoms with Gasteiger partial charge in [-0.3, -0.25) is 4.79 Å². The van der Waals surface area contributed by atoms with Crippen LogP contribution in [-0.4, -0.2) is 36.5 Å². The number of benzene rings is 2. The Morgan fingerprint density at radius 1 is 1.07 bits per heavy atom. The molecule has 0 saturated heterocycles. The average Bonchev–Trinajstić information content (AvgIpc) is 2.74. The van der Waals surface area contributed by atoms with Crippen LogP contribution in [0.3, 0.4) is 0 Å². The van der Waals surface area contributed by atoms with Crippen molar-refractivity contribution in [3.63, 3.8) is 0 Å². The standard InChI is InChI=1S/C23H25N3O3/c1-26(16-19-5-3-4-6-21(19)28-2)14-13-17-7-10-20(11-8-17)29-22-12-9-18(15-25-22)23(24)27/h3-12,15H,13-14,16H2,1-2H3,(H2,24,27). The normalized spacial score (nSPS) is 10.7. The average molecular weight is 391 g/mol. The van der Waals surface area contributed by atoms with Crippen molar-refractivity contribution >= 4 is 5.91 Å². The van der Waals surface area contributed by atoms with E-state index in [1.165, 1.54) is 17.3 Å². The van der Waals surface area contributed by atoms with Crippen LogP contribution in [0.5, 0.6) is 17.4 Å². The van der Waals surface area contributed by atoms with E-state index in [4.69, 9.17) is 15.2 Å². The molecule has 0 atom stereocenters. The predicted octanol–water partition coefficient (Wildman–Crippen LogP) is 3.66. The van der Waals surface area contributed by atoms with E-state index in [2.05, 4.69) is 23.0 Å². The van der Waals surface area contributed by atoms with Crippen molar-refractivity contribution in [2.24, 2.45) is 5.73 Å². The quantitative estimate of drug-likeness (QED) is 0.602. The molecule has 0 aliphatic heterocycles. The number of rotatable bonds is 9. The molecule has 1 heterocycles. The summed E-state index contributed by atoms with van der Waals surface area (Å²) in [5, 5.41) is 0. The number of amides is 1. The van der Waals surface area contributed by atoms with Crippen molar-refractivity contribution in [1.29, 1.82) is 0 Å². The second-order valence-corrected chi connectivity index (χ2v) is 6.80. The van der Waals surface area contributed by atoms with Gasteiger partial charge in [-0.15, -0.1) is 0 Å². The summed E-state index contributed by atoms with van der Waals surface area (Å²) in [7, 11) is 3.80. The zero-order valence-electron chi connectivity index (χ0n) is 16.7. The molecule has 0 spiro atoms. The predicted molar refractivity (Wildman–Crippen MR) is 112 cm³/mol. The number of nitrogens with two attached hydrogens (primary N) is 1. The van der Waals surface area contributed by atoms with Gasteiger partial charge in [0.25, 0.3) is 0 Å². The third-order valence-electron chi connectivity index (χ3n) is 4.58. The molecule has 0 radical (unpaired) electrons. The van der Waals surface area contributed by atoms with Gasteiger partial charge in [-0.2, -0.15) is 0 Å². The molecule has 29 heavy (non-hydrogen) atoms. The highest BCUT2D eigenvalue weighted by Gasteiger charge is 2.07. The van der Waals surface area contributed by atoms with Crippen molar-refractivity contribution in [1.82, 2.24) is 9.88 Å². The number of carbonyl (C=O) groups excluding carboxylic acids is 1. The lowest BCUT2D eigenvalue weighted by Gasteiger charge is -2.18. The maximum Gasteiger partial charge on any atom is 0.250 e. The molecule has 0 bridgehead atoms. The number of hydrogen-bond donors (Lipinski definition) is 1. The number of methoxy groups -OCH3 is 1. The highest BCUT2D eigenvalue weighted by molar-refractivity contribution is 5.92. The van der Waals surface area contributed by atoms with Crippen molar-refractivity contribution in [3.8, 4) is 17.4 Å². The molecule has 3 rings (SSSR count). The number of aromatic nitrogens is 1.